The Morgan fingerprint density at radius 2 is 2.00 bits per heavy atom. The largest absolute Gasteiger partial charge is 0.496 e. The first-order valence-corrected chi connectivity index (χ1v) is 7.68. The molecule has 2 rings (SSSR count). The average molecular weight is 306 g/mol. The first kappa shape index (κ1) is 16.6. The number of carbonyl (C=O) groups excluding carboxylic acids is 1. The van der Waals surface area contributed by atoms with Gasteiger partial charge in [0.25, 0.3) is 0 Å². The van der Waals surface area contributed by atoms with Crippen molar-refractivity contribution in [1.29, 1.82) is 0 Å². The van der Waals surface area contributed by atoms with E-state index >= 15 is 0 Å². The van der Waals surface area contributed by atoms with E-state index < -0.39 is 5.60 Å². The third-order valence-electron chi connectivity index (χ3n) is 3.86. The fourth-order valence-corrected chi connectivity index (χ4v) is 2.76. The van der Waals surface area contributed by atoms with Gasteiger partial charge in [-0.3, -0.25) is 0 Å². The molecule has 0 aromatic heterocycles. The summed E-state index contributed by atoms with van der Waals surface area (Å²) >= 11 is 0. The number of benzene rings is 1. The van der Waals surface area contributed by atoms with Crippen LogP contribution in [-0.4, -0.2) is 42.8 Å². The highest BCUT2D eigenvalue weighted by Gasteiger charge is 2.33. The molecule has 5 nitrogen and oxygen atoms in total. The van der Waals surface area contributed by atoms with Crippen LogP contribution < -0.4 is 10.5 Å². The Morgan fingerprint density at radius 1 is 1.32 bits per heavy atom. The highest BCUT2D eigenvalue weighted by atomic mass is 16.6. The average Bonchev–Trinajstić information content (AvgIpc) is 2.46. The molecule has 0 bridgehead atoms. The van der Waals surface area contributed by atoms with Crippen molar-refractivity contribution < 1.29 is 14.3 Å². The van der Waals surface area contributed by atoms with Gasteiger partial charge in [0.2, 0.25) is 0 Å². The van der Waals surface area contributed by atoms with E-state index in [-0.39, 0.29) is 18.1 Å². The third kappa shape index (κ3) is 3.91. The predicted octanol–water partition coefficient (Wildman–Crippen LogP) is 2.75. The van der Waals surface area contributed by atoms with Crippen molar-refractivity contribution >= 4 is 6.09 Å². The molecule has 0 saturated carbocycles. The van der Waals surface area contributed by atoms with Gasteiger partial charge in [-0.25, -0.2) is 4.79 Å². The summed E-state index contributed by atoms with van der Waals surface area (Å²) in [6, 6.07) is 7.85. The lowest BCUT2D eigenvalue weighted by Gasteiger charge is -2.38. The Balaban J connectivity index is 2.16. The van der Waals surface area contributed by atoms with E-state index in [1.54, 1.807) is 12.0 Å². The van der Waals surface area contributed by atoms with Crippen LogP contribution in [0, 0.1) is 0 Å². The zero-order chi connectivity index (χ0) is 16.3. The van der Waals surface area contributed by atoms with Crippen LogP contribution >= 0.6 is 0 Å². The Labute approximate surface area is 132 Å². The number of ether oxygens (including phenoxy) is 2. The molecule has 2 unspecified atom stereocenters. The lowest BCUT2D eigenvalue weighted by atomic mass is 9.86. The molecule has 0 aliphatic carbocycles. The van der Waals surface area contributed by atoms with Crippen molar-refractivity contribution in [1.82, 2.24) is 4.90 Å². The van der Waals surface area contributed by atoms with E-state index in [4.69, 9.17) is 15.2 Å². The number of carbonyl (C=O) groups is 1. The number of likely N-dealkylation sites (tertiary alicyclic amines) is 1. The summed E-state index contributed by atoms with van der Waals surface area (Å²) in [5.41, 5.74) is 6.85. The van der Waals surface area contributed by atoms with E-state index in [9.17, 15) is 4.79 Å². The summed E-state index contributed by atoms with van der Waals surface area (Å²) in [7, 11) is 1.65. The summed E-state index contributed by atoms with van der Waals surface area (Å²) < 4.78 is 10.9. The second kappa shape index (κ2) is 6.57. The van der Waals surface area contributed by atoms with Crippen molar-refractivity contribution in [3.63, 3.8) is 0 Å². The van der Waals surface area contributed by atoms with Gasteiger partial charge in [-0.05, 0) is 33.3 Å². The highest BCUT2D eigenvalue weighted by Crippen LogP contribution is 2.33. The molecule has 1 heterocycles. The highest BCUT2D eigenvalue weighted by molar-refractivity contribution is 5.68. The summed E-state index contributed by atoms with van der Waals surface area (Å²) in [6.45, 7) is 6.80. The van der Waals surface area contributed by atoms with Crippen LogP contribution in [0.15, 0.2) is 24.3 Å². The van der Waals surface area contributed by atoms with Gasteiger partial charge in [0.15, 0.2) is 0 Å². The molecule has 1 fully saturated rings. The van der Waals surface area contributed by atoms with Crippen LogP contribution in [0.25, 0.3) is 0 Å². The maximum atomic E-state index is 12.3. The van der Waals surface area contributed by atoms with Gasteiger partial charge in [0.05, 0.1) is 7.11 Å². The van der Waals surface area contributed by atoms with Crippen LogP contribution in [0.2, 0.25) is 0 Å². The Morgan fingerprint density at radius 3 is 2.64 bits per heavy atom. The fourth-order valence-electron chi connectivity index (χ4n) is 2.76. The molecule has 2 N–H and O–H groups in total. The van der Waals surface area contributed by atoms with E-state index in [1.807, 2.05) is 45.0 Å². The summed E-state index contributed by atoms with van der Waals surface area (Å²) in [5, 5.41) is 0. The minimum Gasteiger partial charge on any atom is -0.496 e. The van der Waals surface area contributed by atoms with Crippen molar-refractivity contribution in [2.75, 3.05) is 20.2 Å². The molecule has 0 radical (unpaired) electrons. The molecular formula is C17H26N2O3. The number of para-hydroxylation sites is 1. The second-order valence-corrected chi connectivity index (χ2v) is 6.73. The smallest absolute Gasteiger partial charge is 0.410 e. The topological polar surface area (TPSA) is 64.8 Å². The maximum absolute atomic E-state index is 12.3. The lowest BCUT2D eigenvalue weighted by molar-refractivity contribution is 0.0185. The number of rotatable bonds is 2. The zero-order valence-electron chi connectivity index (χ0n) is 13.8. The fraction of sp³-hybridized carbons (Fsp3) is 0.588. The van der Waals surface area contributed by atoms with Gasteiger partial charge in [0, 0.05) is 30.6 Å². The van der Waals surface area contributed by atoms with Crippen LogP contribution in [0.3, 0.4) is 0 Å². The second-order valence-electron chi connectivity index (χ2n) is 6.73. The van der Waals surface area contributed by atoms with Crippen LogP contribution in [0.5, 0.6) is 5.75 Å². The van der Waals surface area contributed by atoms with Gasteiger partial charge in [-0.15, -0.1) is 0 Å². The summed E-state index contributed by atoms with van der Waals surface area (Å²) in [5.74, 6) is 0.867. The molecule has 0 spiro atoms. The van der Waals surface area contributed by atoms with Crippen molar-refractivity contribution in [2.45, 2.75) is 44.8 Å². The Kier molecular flexibility index (Phi) is 4.96. The lowest BCUT2D eigenvalue weighted by Crippen LogP contribution is -2.49. The third-order valence-corrected chi connectivity index (χ3v) is 3.86. The standard InChI is InChI=1S/C17H26N2O3/c1-17(2,3)22-16(20)19-10-9-14(18)13(11-19)12-7-5-6-8-15(12)21-4/h5-8,13-14H,9-11,18H2,1-4H3. The normalized spacial score (nSPS) is 22.3. The van der Waals surface area contributed by atoms with Crippen LogP contribution in [0.1, 0.15) is 38.7 Å². The van der Waals surface area contributed by atoms with Gasteiger partial charge in [0.1, 0.15) is 11.4 Å². The van der Waals surface area contributed by atoms with Crippen LogP contribution in [-0.2, 0) is 4.74 Å². The van der Waals surface area contributed by atoms with Gasteiger partial charge >= 0.3 is 6.09 Å². The van der Waals surface area contributed by atoms with Crippen molar-refractivity contribution in [2.24, 2.45) is 5.73 Å². The van der Waals surface area contributed by atoms with Gasteiger partial charge in [-0.2, -0.15) is 0 Å². The number of hydrogen-bond donors (Lipinski definition) is 1. The van der Waals surface area contributed by atoms with Gasteiger partial charge < -0.3 is 20.1 Å². The van der Waals surface area contributed by atoms with Crippen LogP contribution in [0.4, 0.5) is 4.79 Å². The maximum Gasteiger partial charge on any atom is 0.410 e. The molecule has 2 atom stereocenters. The monoisotopic (exact) mass is 306 g/mol. The predicted molar refractivity (Wildman–Crippen MR) is 86.1 cm³/mol. The SMILES string of the molecule is COc1ccccc1C1CN(C(=O)OC(C)(C)C)CCC1N. The molecule has 1 aromatic carbocycles. The summed E-state index contributed by atoms with van der Waals surface area (Å²) in [6.07, 6.45) is 0.474. The Hall–Kier alpha value is -1.75. The Bertz CT molecular complexity index is 525. The molecule has 122 valence electrons. The molecule has 1 aliphatic rings. The molecule has 1 saturated heterocycles. The number of hydrogen-bond acceptors (Lipinski definition) is 4. The van der Waals surface area contributed by atoms with Gasteiger partial charge in [-0.1, -0.05) is 18.2 Å². The molecule has 1 aromatic rings. The molecule has 5 heteroatoms. The number of methoxy groups -OCH3 is 1. The molecule has 1 amide bonds. The molecular weight excluding hydrogens is 280 g/mol. The first-order chi connectivity index (χ1) is 10.3. The minimum absolute atomic E-state index is 0.00925. The summed E-state index contributed by atoms with van der Waals surface area (Å²) in [4.78, 5) is 14.0. The van der Waals surface area contributed by atoms with E-state index in [0.29, 0.717) is 13.1 Å². The van der Waals surface area contributed by atoms with E-state index in [1.165, 1.54) is 0 Å². The number of amides is 1. The minimum atomic E-state index is -0.490. The van der Waals surface area contributed by atoms with Crippen molar-refractivity contribution in [3.8, 4) is 5.75 Å². The number of nitrogens with two attached hydrogens (primary N) is 1. The van der Waals surface area contributed by atoms with Crippen molar-refractivity contribution in [3.05, 3.63) is 29.8 Å². The first-order valence-electron chi connectivity index (χ1n) is 7.68. The number of nitrogens with zero attached hydrogens (tertiary/aromatic N) is 1. The number of piperidine rings is 1. The zero-order valence-corrected chi connectivity index (χ0v) is 13.8. The quantitative estimate of drug-likeness (QED) is 0.912. The van der Waals surface area contributed by atoms with E-state index in [2.05, 4.69) is 0 Å². The molecule has 1 aliphatic heterocycles. The van der Waals surface area contributed by atoms with E-state index in [0.717, 1.165) is 17.7 Å². The molecule has 22 heavy (non-hydrogen) atoms.